The van der Waals surface area contributed by atoms with Crippen molar-refractivity contribution in [1.29, 1.82) is 0 Å². The lowest BCUT2D eigenvalue weighted by molar-refractivity contribution is 0.0942. The largest absolute Gasteiger partial charge is 0.457 e. The predicted molar refractivity (Wildman–Crippen MR) is 93.9 cm³/mol. The highest BCUT2D eigenvalue weighted by Gasteiger charge is 2.17. The van der Waals surface area contributed by atoms with Crippen molar-refractivity contribution in [3.63, 3.8) is 0 Å². The van der Waals surface area contributed by atoms with Gasteiger partial charge in [0.1, 0.15) is 11.5 Å². The summed E-state index contributed by atoms with van der Waals surface area (Å²) in [6.07, 6.45) is 3.33. The Morgan fingerprint density at radius 2 is 1.91 bits per heavy atom. The maximum Gasteiger partial charge on any atom is 0.251 e. The van der Waals surface area contributed by atoms with Crippen molar-refractivity contribution in [3.05, 3.63) is 54.4 Å². The normalized spacial score (nSPS) is 13.0. The van der Waals surface area contributed by atoms with E-state index >= 15 is 0 Å². The monoisotopic (exact) mass is 355 g/mol. The molecule has 1 fully saturated rings. The van der Waals surface area contributed by atoms with Crippen LogP contribution in [0.1, 0.15) is 10.4 Å². The number of ether oxygens (including phenoxy) is 1. The lowest BCUT2D eigenvalue weighted by Gasteiger charge is -2.27. The van der Waals surface area contributed by atoms with Crippen LogP contribution in [0.5, 0.6) is 11.5 Å². The van der Waals surface area contributed by atoms with E-state index in [1.165, 1.54) is 0 Å². The number of nitrogens with one attached hydrogen (secondary N) is 2. The van der Waals surface area contributed by atoms with Crippen LogP contribution in [0.2, 0.25) is 0 Å². The first-order valence-electron chi connectivity index (χ1n) is 6.98. The molecule has 23 heavy (non-hydrogen) atoms. The quantitative estimate of drug-likeness (QED) is 0.865. The maximum atomic E-state index is 12.1. The first-order valence-corrected chi connectivity index (χ1v) is 6.98. The van der Waals surface area contributed by atoms with Crippen LogP contribution in [0.3, 0.4) is 0 Å². The summed E-state index contributed by atoms with van der Waals surface area (Å²) in [6, 6.07) is 10.7. The molecule has 3 rings (SSSR count). The zero-order valence-electron chi connectivity index (χ0n) is 12.4. The van der Waals surface area contributed by atoms with Crippen molar-refractivity contribution in [2.24, 2.45) is 5.92 Å². The second-order valence-corrected chi connectivity index (χ2v) is 5.05. The summed E-state index contributed by atoms with van der Waals surface area (Å²) in [5.41, 5.74) is 0.605. The summed E-state index contributed by atoms with van der Waals surface area (Å²) in [5, 5.41) is 6.13. The van der Waals surface area contributed by atoms with Gasteiger partial charge in [0.05, 0.1) is 0 Å². The van der Waals surface area contributed by atoms with Gasteiger partial charge in [-0.1, -0.05) is 6.07 Å². The van der Waals surface area contributed by atoms with Crippen molar-refractivity contribution >= 4 is 30.7 Å². The van der Waals surface area contributed by atoms with Gasteiger partial charge in [0.15, 0.2) is 0 Å². The third-order valence-electron chi connectivity index (χ3n) is 3.40. The fraction of sp³-hybridized carbons (Fsp3) is 0.250. The van der Waals surface area contributed by atoms with E-state index in [1.807, 2.05) is 12.1 Å². The average molecular weight is 356 g/mol. The van der Waals surface area contributed by atoms with E-state index in [0.29, 0.717) is 29.5 Å². The smallest absolute Gasteiger partial charge is 0.251 e. The Labute approximate surface area is 147 Å². The highest BCUT2D eigenvalue weighted by molar-refractivity contribution is 5.94. The number of nitrogens with zero attached hydrogens (tertiary/aromatic N) is 1. The minimum atomic E-state index is -0.0675. The van der Waals surface area contributed by atoms with E-state index in [0.717, 1.165) is 13.1 Å². The standard InChI is InChI=1S/C16H17N3O2.2ClH/c20-16(19-11-12-9-18-10-12)13-2-1-3-15(8-13)21-14-4-6-17-7-5-14;;/h1-8,12,18H,9-11H2,(H,19,20);2*1H. The third-order valence-corrected chi connectivity index (χ3v) is 3.40. The summed E-state index contributed by atoms with van der Waals surface area (Å²) in [4.78, 5) is 16.0. The zero-order valence-corrected chi connectivity index (χ0v) is 14.0. The van der Waals surface area contributed by atoms with Gasteiger partial charge >= 0.3 is 0 Å². The highest BCUT2D eigenvalue weighted by atomic mass is 35.5. The van der Waals surface area contributed by atoms with Crippen molar-refractivity contribution in [2.75, 3.05) is 19.6 Å². The van der Waals surface area contributed by atoms with Gasteiger partial charge in [-0.3, -0.25) is 9.78 Å². The van der Waals surface area contributed by atoms with Crippen LogP contribution in [0.25, 0.3) is 0 Å². The molecule has 0 unspecified atom stereocenters. The van der Waals surface area contributed by atoms with E-state index in [2.05, 4.69) is 15.6 Å². The average Bonchev–Trinajstić information content (AvgIpc) is 2.47. The number of benzene rings is 1. The molecule has 1 aromatic heterocycles. The molecular weight excluding hydrogens is 337 g/mol. The van der Waals surface area contributed by atoms with Gasteiger partial charge in [0.25, 0.3) is 5.91 Å². The minimum Gasteiger partial charge on any atom is -0.457 e. The minimum absolute atomic E-state index is 0. The van der Waals surface area contributed by atoms with Gasteiger partial charge < -0.3 is 15.4 Å². The van der Waals surface area contributed by atoms with Crippen molar-refractivity contribution < 1.29 is 9.53 Å². The summed E-state index contributed by atoms with van der Waals surface area (Å²) < 4.78 is 5.70. The van der Waals surface area contributed by atoms with Gasteiger partial charge in [-0.05, 0) is 30.3 Å². The molecule has 0 radical (unpaired) electrons. The van der Waals surface area contributed by atoms with Crippen LogP contribution >= 0.6 is 24.8 Å². The molecule has 1 amide bonds. The maximum absolute atomic E-state index is 12.1. The molecular formula is C16H19Cl2N3O2. The number of pyridine rings is 1. The van der Waals surface area contributed by atoms with Gasteiger partial charge in [0.2, 0.25) is 0 Å². The van der Waals surface area contributed by atoms with Crippen LogP contribution in [0.4, 0.5) is 0 Å². The fourth-order valence-corrected chi connectivity index (χ4v) is 2.08. The summed E-state index contributed by atoms with van der Waals surface area (Å²) >= 11 is 0. The topological polar surface area (TPSA) is 63.2 Å². The lowest BCUT2D eigenvalue weighted by Crippen LogP contribution is -2.48. The molecule has 1 aromatic carbocycles. The number of carbonyl (C=O) groups is 1. The number of hydrogen-bond acceptors (Lipinski definition) is 4. The molecule has 2 heterocycles. The van der Waals surface area contributed by atoms with Crippen molar-refractivity contribution in [1.82, 2.24) is 15.6 Å². The second-order valence-electron chi connectivity index (χ2n) is 5.05. The van der Waals surface area contributed by atoms with Gasteiger partial charge in [-0.15, -0.1) is 24.8 Å². The van der Waals surface area contributed by atoms with Crippen LogP contribution in [0.15, 0.2) is 48.8 Å². The van der Waals surface area contributed by atoms with Gasteiger partial charge in [0, 0.05) is 43.5 Å². The molecule has 0 spiro atoms. The summed E-state index contributed by atoms with van der Waals surface area (Å²) in [5.74, 6) is 1.81. The molecule has 7 heteroatoms. The van der Waals surface area contributed by atoms with E-state index in [1.54, 1.807) is 36.7 Å². The van der Waals surface area contributed by atoms with Crippen molar-refractivity contribution in [3.8, 4) is 11.5 Å². The molecule has 0 atom stereocenters. The van der Waals surface area contributed by atoms with Crippen LogP contribution in [-0.2, 0) is 0 Å². The number of amides is 1. The van der Waals surface area contributed by atoms with E-state index < -0.39 is 0 Å². The summed E-state index contributed by atoms with van der Waals surface area (Å²) in [6.45, 7) is 2.66. The number of halogens is 2. The molecule has 0 aliphatic carbocycles. The number of rotatable bonds is 5. The number of hydrogen-bond donors (Lipinski definition) is 2. The molecule has 0 bridgehead atoms. The Kier molecular flexibility index (Phi) is 7.81. The zero-order chi connectivity index (χ0) is 14.5. The van der Waals surface area contributed by atoms with Crippen LogP contribution < -0.4 is 15.4 Å². The SMILES string of the molecule is Cl.Cl.O=C(NCC1CNC1)c1cccc(Oc2ccncc2)c1. The van der Waals surface area contributed by atoms with Gasteiger partial charge in [-0.25, -0.2) is 0 Å². The highest BCUT2D eigenvalue weighted by Crippen LogP contribution is 2.21. The Morgan fingerprint density at radius 1 is 1.17 bits per heavy atom. The Balaban J connectivity index is 0.00000132. The fourth-order valence-electron chi connectivity index (χ4n) is 2.08. The lowest BCUT2D eigenvalue weighted by atomic mass is 10.0. The Hall–Kier alpha value is -1.82. The molecule has 124 valence electrons. The molecule has 1 aliphatic rings. The molecule has 1 saturated heterocycles. The van der Waals surface area contributed by atoms with Crippen molar-refractivity contribution in [2.45, 2.75) is 0 Å². The van der Waals surface area contributed by atoms with Crippen LogP contribution in [0, 0.1) is 5.92 Å². The Bertz CT molecular complexity index is 622. The molecule has 5 nitrogen and oxygen atoms in total. The second kappa shape index (κ2) is 9.35. The number of aromatic nitrogens is 1. The first kappa shape index (κ1) is 19.2. The van der Waals surface area contributed by atoms with E-state index in [9.17, 15) is 4.79 Å². The molecule has 1 aliphatic heterocycles. The van der Waals surface area contributed by atoms with Gasteiger partial charge in [-0.2, -0.15) is 0 Å². The first-order chi connectivity index (χ1) is 10.3. The van der Waals surface area contributed by atoms with Crippen LogP contribution in [-0.4, -0.2) is 30.5 Å². The summed E-state index contributed by atoms with van der Waals surface area (Å²) in [7, 11) is 0. The molecule has 0 saturated carbocycles. The number of carbonyl (C=O) groups excluding carboxylic acids is 1. The Morgan fingerprint density at radius 3 is 2.57 bits per heavy atom. The van der Waals surface area contributed by atoms with E-state index in [-0.39, 0.29) is 30.7 Å². The van der Waals surface area contributed by atoms with E-state index in [4.69, 9.17) is 4.74 Å². The predicted octanol–water partition coefficient (Wildman–Crippen LogP) is 2.67. The third kappa shape index (κ3) is 5.39. The molecule has 2 N–H and O–H groups in total. The molecule has 2 aromatic rings.